The Morgan fingerprint density at radius 3 is 3.06 bits per heavy atom. The van der Waals surface area contributed by atoms with Crippen LogP contribution in [-0.4, -0.2) is 37.0 Å². The van der Waals surface area contributed by atoms with E-state index in [0.717, 1.165) is 31.2 Å². The van der Waals surface area contributed by atoms with Gasteiger partial charge >= 0.3 is 0 Å². The van der Waals surface area contributed by atoms with Crippen LogP contribution in [-0.2, 0) is 4.79 Å². The summed E-state index contributed by atoms with van der Waals surface area (Å²) in [6.07, 6.45) is 0.599. The number of hydrogen-bond acceptors (Lipinski definition) is 2. The summed E-state index contributed by atoms with van der Waals surface area (Å²) >= 11 is 6.01. The Hall–Kier alpha value is -1.06. The highest BCUT2D eigenvalue weighted by Gasteiger charge is 2.16. The molecule has 1 aliphatic rings. The van der Waals surface area contributed by atoms with Crippen molar-refractivity contribution in [2.24, 2.45) is 0 Å². The molecular formula is C14H19ClN2O. The molecular weight excluding hydrogens is 248 g/mol. The molecule has 1 N–H and O–H groups in total. The molecule has 1 saturated heterocycles. The molecule has 1 amide bonds. The van der Waals surface area contributed by atoms with Crippen LogP contribution in [0, 0.1) is 0 Å². The first-order valence-electron chi connectivity index (χ1n) is 6.39. The van der Waals surface area contributed by atoms with Crippen LogP contribution >= 0.6 is 11.6 Å². The van der Waals surface area contributed by atoms with Gasteiger partial charge in [0.1, 0.15) is 0 Å². The first-order valence-corrected chi connectivity index (χ1v) is 6.77. The van der Waals surface area contributed by atoms with Crippen molar-refractivity contribution in [2.45, 2.75) is 19.3 Å². The first-order chi connectivity index (χ1) is 8.65. The van der Waals surface area contributed by atoms with Gasteiger partial charge in [-0.3, -0.25) is 4.79 Å². The fourth-order valence-corrected chi connectivity index (χ4v) is 2.50. The normalized spacial score (nSPS) is 19.1. The highest BCUT2D eigenvalue weighted by molar-refractivity contribution is 6.30. The second-order valence-electron chi connectivity index (χ2n) is 4.86. The average molecular weight is 267 g/mol. The smallest absolute Gasteiger partial charge is 0.221 e. The van der Waals surface area contributed by atoms with Crippen molar-refractivity contribution < 1.29 is 4.79 Å². The van der Waals surface area contributed by atoms with Crippen molar-refractivity contribution in [1.82, 2.24) is 10.2 Å². The van der Waals surface area contributed by atoms with E-state index in [0.29, 0.717) is 12.3 Å². The zero-order chi connectivity index (χ0) is 13.0. The zero-order valence-electron chi connectivity index (χ0n) is 10.7. The molecule has 1 heterocycles. The fourth-order valence-electron chi connectivity index (χ4n) is 2.30. The van der Waals surface area contributed by atoms with Gasteiger partial charge in [-0.2, -0.15) is 0 Å². The maximum absolute atomic E-state index is 11.3. The lowest BCUT2D eigenvalue weighted by Gasteiger charge is -2.23. The molecule has 0 aromatic heterocycles. The molecule has 0 spiro atoms. The topological polar surface area (TPSA) is 32.3 Å². The van der Waals surface area contributed by atoms with E-state index >= 15 is 0 Å². The van der Waals surface area contributed by atoms with Crippen LogP contribution in [0.1, 0.15) is 24.8 Å². The number of benzene rings is 1. The van der Waals surface area contributed by atoms with E-state index < -0.39 is 0 Å². The summed E-state index contributed by atoms with van der Waals surface area (Å²) in [5.41, 5.74) is 1.26. The van der Waals surface area contributed by atoms with Crippen molar-refractivity contribution in [3.8, 4) is 0 Å². The molecule has 18 heavy (non-hydrogen) atoms. The molecule has 0 aliphatic carbocycles. The maximum Gasteiger partial charge on any atom is 0.221 e. The summed E-state index contributed by atoms with van der Waals surface area (Å²) in [4.78, 5) is 13.6. The van der Waals surface area contributed by atoms with Crippen molar-refractivity contribution >= 4 is 17.5 Å². The van der Waals surface area contributed by atoms with Gasteiger partial charge in [-0.1, -0.05) is 30.7 Å². The second kappa shape index (κ2) is 6.21. The van der Waals surface area contributed by atoms with Gasteiger partial charge in [0.15, 0.2) is 0 Å². The summed E-state index contributed by atoms with van der Waals surface area (Å²) in [5, 5.41) is 3.68. The molecule has 1 aliphatic heterocycles. The Bertz CT molecular complexity index is 422. The van der Waals surface area contributed by atoms with Crippen LogP contribution in [0.3, 0.4) is 0 Å². The third-order valence-electron chi connectivity index (χ3n) is 3.36. The fraction of sp³-hybridized carbons (Fsp3) is 0.500. The molecule has 0 saturated carbocycles. The number of carbonyl (C=O) groups excluding carboxylic acids is 1. The van der Waals surface area contributed by atoms with E-state index in [1.807, 2.05) is 18.2 Å². The summed E-state index contributed by atoms with van der Waals surface area (Å²) < 4.78 is 0. The van der Waals surface area contributed by atoms with Crippen LogP contribution in [0.25, 0.3) is 0 Å². The molecule has 0 bridgehead atoms. The van der Waals surface area contributed by atoms with Gasteiger partial charge in [-0.15, -0.1) is 0 Å². The van der Waals surface area contributed by atoms with Gasteiger partial charge in [-0.25, -0.2) is 0 Å². The van der Waals surface area contributed by atoms with E-state index in [2.05, 4.69) is 23.2 Å². The molecule has 98 valence electrons. The molecule has 3 nitrogen and oxygen atoms in total. The predicted octanol–water partition coefficient (Wildman–Crippen LogP) is 2.27. The van der Waals surface area contributed by atoms with Gasteiger partial charge in [0.25, 0.3) is 0 Å². The lowest BCUT2D eigenvalue weighted by Crippen LogP contribution is -2.31. The Morgan fingerprint density at radius 2 is 2.28 bits per heavy atom. The number of hydrogen-bond donors (Lipinski definition) is 1. The molecule has 0 radical (unpaired) electrons. The van der Waals surface area contributed by atoms with Crippen LogP contribution in [0.2, 0.25) is 5.02 Å². The number of nitrogens with one attached hydrogen (secondary N) is 1. The van der Waals surface area contributed by atoms with Crippen molar-refractivity contribution in [1.29, 1.82) is 0 Å². The Balaban J connectivity index is 1.94. The van der Waals surface area contributed by atoms with E-state index in [1.165, 1.54) is 5.56 Å². The van der Waals surface area contributed by atoms with Crippen LogP contribution in [0.5, 0.6) is 0 Å². The zero-order valence-corrected chi connectivity index (χ0v) is 11.4. The summed E-state index contributed by atoms with van der Waals surface area (Å²) in [6, 6.07) is 8.01. The summed E-state index contributed by atoms with van der Waals surface area (Å²) in [5.74, 6) is 0.588. The first kappa shape index (κ1) is 13.4. The highest BCUT2D eigenvalue weighted by atomic mass is 35.5. The van der Waals surface area contributed by atoms with Gasteiger partial charge in [0, 0.05) is 37.6 Å². The summed E-state index contributed by atoms with van der Waals surface area (Å²) in [7, 11) is 0. The van der Waals surface area contributed by atoms with E-state index in [9.17, 15) is 4.79 Å². The number of amides is 1. The van der Waals surface area contributed by atoms with Crippen LogP contribution in [0.15, 0.2) is 24.3 Å². The van der Waals surface area contributed by atoms with Crippen molar-refractivity contribution in [3.05, 3.63) is 34.9 Å². The number of rotatable bonds is 3. The minimum atomic E-state index is 0.160. The molecule has 2 rings (SSSR count). The Labute approximate surface area is 113 Å². The average Bonchev–Trinajstić information content (AvgIpc) is 2.54. The second-order valence-corrected chi connectivity index (χ2v) is 5.29. The highest BCUT2D eigenvalue weighted by Crippen LogP contribution is 2.20. The maximum atomic E-state index is 11.3. The number of carbonyl (C=O) groups is 1. The van der Waals surface area contributed by atoms with E-state index in [-0.39, 0.29) is 5.91 Å². The predicted molar refractivity (Wildman–Crippen MR) is 73.9 cm³/mol. The Kier molecular flexibility index (Phi) is 4.61. The van der Waals surface area contributed by atoms with Gasteiger partial charge in [0.05, 0.1) is 0 Å². The summed E-state index contributed by atoms with van der Waals surface area (Å²) in [6.45, 7) is 5.69. The number of halogens is 1. The van der Waals surface area contributed by atoms with Crippen molar-refractivity contribution in [2.75, 3.05) is 26.2 Å². The molecule has 0 unspecified atom stereocenters. The standard InChI is InChI=1S/C14H19ClN2O/c1-11(12-3-2-4-13(15)9-12)10-17-7-5-14(18)16-6-8-17/h2-4,9,11H,5-8,10H2,1H3,(H,16,18)/t11-/m0/s1. The van der Waals surface area contributed by atoms with Crippen LogP contribution < -0.4 is 5.32 Å². The molecule has 1 aromatic rings. The largest absolute Gasteiger partial charge is 0.355 e. The lowest BCUT2D eigenvalue weighted by atomic mass is 10.0. The number of nitrogens with zero attached hydrogens (tertiary/aromatic N) is 1. The third kappa shape index (κ3) is 3.72. The van der Waals surface area contributed by atoms with Gasteiger partial charge < -0.3 is 10.2 Å². The van der Waals surface area contributed by atoms with Gasteiger partial charge in [0.2, 0.25) is 5.91 Å². The third-order valence-corrected chi connectivity index (χ3v) is 3.59. The minimum absolute atomic E-state index is 0.160. The van der Waals surface area contributed by atoms with Crippen LogP contribution in [0.4, 0.5) is 0 Å². The quantitative estimate of drug-likeness (QED) is 0.910. The van der Waals surface area contributed by atoms with E-state index in [1.54, 1.807) is 0 Å². The molecule has 1 atom stereocenters. The monoisotopic (exact) mass is 266 g/mol. The SMILES string of the molecule is C[C@@H](CN1CCNC(=O)CC1)c1cccc(Cl)c1. The van der Waals surface area contributed by atoms with E-state index in [4.69, 9.17) is 11.6 Å². The van der Waals surface area contributed by atoms with Crippen molar-refractivity contribution in [3.63, 3.8) is 0 Å². The molecule has 1 fully saturated rings. The molecule has 4 heteroatoms. The van der Waals surface area contributed by atoms with Gasteiger partial charge in [-0.05, 0) is 23.6 Å². The molecule has 1 aromatic carbocycles. The minimum Gasteiger partial charge on any atom is -0.355 e. The lowest BCUT2D eigenvalue weighted by molar-refractivity contribution is -0.120. The Morgan fingerprint density at radius 1 is 1.44 bits per heavy atom.